The number of ether oxygens (including phenoxy) is 1. The monoisotopic (exact) mass is 453 g/mol. The minimum atomic E-state index is -4.36. The van der Waals surface area contributed by atoms with Crippen molar-refractivity contribution in [1.82, 2.24) is 14.8 Å². The number of aromatic nitrogens is 3. The van der Waals surface area contributed by atoms with Crippen molar-refractivity contribution in [3.8, 4) is 5.75 Å². The number of carbonyl (C=O) groups is 1. The van der Waals surface area contributed by atoms with Gasteiger partial charge in [0.15, 0.2) is 12.4 Å². The standard InChI is InChI=1S/C21H22F3N3O3S/c1-12-5-6-13(2)18(7-12)29-9-19-25-26-20(30-19)31-10-17(28)16-8-14(3)27(15(16)4)11-21(22,23)24/h5-8H,9-11H2,1-4H3. The second kappa shape index (κ2) is 9.17. The number of hydrogen-bond acceptors (Lipinski definition) is 6. The van der Waals surface area contributed by atoms with Crippen LogP contribution < -0.4 is 4.74 Å². The normalized spacial score (nSPS) is 11.7. The molecule has 0 N–H and O–H groups in total. The molecule has 0 radical (unpaired) electrons. The summed E-state index contributed by atoms with van der Waals surface area (Å²) in [7, 11) is 0. The molecule has 0 saturated carbocycles. The van der Waals surface area contributed by atoms with Crippen LogP contribution in [0.1, 0.15) is 38.8 Å². The second-order valence-corrected chi connectivity index (χ2v) is 8.14. The van der Waals surface area contributed by atoms with Gasteiger partial charge in [-0.3, -0.25) is 4.79 Å². The minimum absolute atomic E-state index is 0.0320. The first-order valence-corrected chi connectivity index (χ1v) is 10.4. The zero-order valence-electron chi connectivity index (χ0n) is 17.5. The molecular weight excluding hydrogens is 431 g/mol. The van der Waals surface area contributed by atoms with Gasteiger partial charge in [0.2, 0.25) is 0 Å². The van der Waals surface area contributed by atoms with Gasteiger partial charge in [-0.1, -0.05) is 23.9 Å². The molecule has 10 heteroatoms. The smallest absolute Gasteiger partial charge is 0.406 e. The number of hydrogen-bond donors (Lipinski definition) is 0. The topological polar surface area (TPSA) is 70.2 Å². The highest BCUT2D eigenvalue weighted by Crippen LogP contribution is 2.26. The Hall–Kier alpha value is -2.75. The predicted molar refractivity (Wildman–Crippen MR) is 110 cm³/mol. The number of carbonyl (C=O) groups excluding carboxylic acids is 1. The van der Waals surface area contributed by atoms with E-state index in [-0.39, 0.29) is 40.5 Å². The number of alkyl halides is 3. The van der Waals surface area contributed by atoms with Crippen molar-refractivity contribution in [3.63, 3.8) is 0 Å². The predicted octanol–water partition coefficient (Wildman–Crippen LogP) is 5.22. The average Bonchev–Trinajstić information content (AvgIpc) is 3.25. The maximum Gasteiger partial charge on any atom is 0.406 e. The van der Waals surface area contributed by atoms with Crippen LogP contribution >= 0.6 is 11.8 Å². The lowest BCUT2D eigenvalue weighted by Gasteiger charge is -2.12. The van der Waals surface area contributed by atoms with Crippen LogP contribution in [0.4, 0.5) is 13.2 Å². The van der Waals surface area contributed by atoms with Gasteiger partial charge in [-0.15, -0.1) is 10.2 Å². The van der Waals surface area contributed by atoms with Crippen molar-refractivity contribution in [2.24, 2.45) is 0 Å². The molecule has 1 aromatic carbocycles. The molecule has 2 aromatic heterocycles. The molecule has 0 aliphatic carbocycles. The van der Waals surface area contributed by atoms with E-state index < -0.39 is 12.7 Å². The summed E-state index contributed by atoms with van der Waals surface area (Å²) >= 11 is 1.03. The number of ketones is 1. The molecule has 0 aliphatic heterocycles. The highest BCUT2D eigenvalue weighted by molar-refractivity contribution is 7.99. The Balaban J connectivity index is 1.59. The Bertz CT molecular complexity index is 1090. The van der Waals surface area contributed by atoms with Gasteiger partial charge in [0.25, 0.3) is 11.1 Å². The van der Waals surface area contributed by atoms with Gasteiger partial charge >= 0.3 is 6.18 Å². The molecule has 2 heterocycles. The highest BCUT2D eigenvalue weighted by Gasteiger charge is 2.30. The average molecular weight is 453 g/mol. The van der Waals surface area contributed by atoms with Crippen molar-refractivity contribution in [3.05, 3.63) is 58.2 Å². The fourth-order valence-corrected chi connectivity index (χ4v) is 3.73. The van der Waals surface area contributed by atoms with E-state index in [1.54, 1.807) is 6.92 Å². The van der Waals surface area contributed by atoms with E-state index in [0.717, 1.165) is 33.2 Å². The summed E-state index contributed by atoms with van der Waals surface area (Å²) < 4.78 is 50.5. The molecule has 0 aliphatic rings. The Labute approximate surface area is 181 Å². The lowest BCUT2D eigenvalue weighted by atomic mass is 10.1. The van der Waals surface area contributed by atoms with E-state index in [0.29, 0.717) is 5.69 Å². The summed E-state index contributed by atoms with van der Waals surface area (Å²) in [6.07, 6.45) is -4.36. The van der Waals surface area contributed by atoms with Crippen LogP contribution in [0.15, 0.2) is 33.9 Å². The Morgan fingerprint density at radius 2 is 1.90 bits per heavy atom. The zero-order chi connectivity index (χ0) is 22.8. The van der Waals surface area contributed by atoms with E-state index in [1.807, 2.05) is 32.0 Å². The summed E-state index contributed by atoms with van der Waals surface area (Å²) in [6.45, 7) is 5.91. The van der Waals surface area contributed by atoms with E-state index in [9.17, 15) is 18.0 Å². The van der Waals surface area contributed by atoms with Gasteiger partial charge in [-0.2, -0.15) is 13.2 Å². The third-order valence-corrected chi connectivity index (χ3v) is 5.50. The fourth-order valence-electron chi connectivity index (χ4n) is 3.07. The van der Waals surface area contributed by atoms with Crippen LogP contribution in [0.25, 0.3) is 0 Å². The van der Waals surface area contributed by atoms with Crippen LogP contribution in [0, 0.1) is 27.7 Å². The lowest BCUT2D eigenvalue weighted by Crippen LogP contribution is -2.19. The first-order chi connectivity index (χ1) is 14.5. The molecule has 6 nitrogen and oxygen atoms in total. The summed E-state index contributed by atoms with van der Waals surface area (Å²) in [6, 6.07) is 7.33. The number of halogens is 3. The second-order valence-electron chi connectivity index (χ2n) is 7.22. The Morgan fingerprint density at radius 3 is 2.61 bits per heavy atom. The van der Waals surface area contributed by atoms with E-state index in [4.69, 9.17) is 9.15 Å². The van der Waals surface area contributed by atoms with Gasteiger partial charge in [0, 0.05) is 17.0 Å². The van der Waals surface area contributed by atoms with Gasteiger partial charge in [-0.05, 0) is 51.0 Å². The molecule has 0 unspecified atom stereocenters. The fraction of sp³-hybridized carbons (Fsp3) is 0.381. The Morgan fingerprint density at radius 1 is 1.16 bits per heavy atom. The molecule has 0 amide bonds. The molecular formula is C21H22F3N3O3S. The number of nitrogens with zero attached hydrogens (tertiary/aromatic N) is 3. The summed E-state index contributed by atoms with van der Waals surface area (Å²) in [4.78, 5) is 12.5. The van der Waals surface area contributed by atoms with E-state index in [2.05, 4.69) is 10.2 Å². The van der Waals surface area contributed by atoms with Crippen molar-refractivity contribution >= 4 is 17.5 Å². The quantitative estimate of drug-likeness (QED) is 0.344. The first kappa shape index (κ1) is 22.9. The molecule has 0 spiro atoms. The SMILES string of the molecule is Cc1ccc(C)c(OCc2nnc(SCC(=O)c3cc(C)n(CC(F)(F)F)c3C)o2)c1. The van der Waals surface area contributed by atoms with Gasteiger partial charge < -0.3 is 13.7 Å². The number of thioether (sulfide) groups is 1. The van der Waals surface area contributed by atoms with Crippen LogP contribution in [0.2, 0.25) is 0 Å². The molecule has 31 heavy (non-hydrogen) atoms. The summed E-state index contributed by atoms with van der Waals surface area (Å²) in [5.41, 5.74) is 2.97. The molecule has 0 bridgehead atoms. The maximum atomic E-state index is 12.7. The number of benzene rings is 1. The summed E-state index contributed by atoms with van der Waals surface area (Å²) in [5, 5.41) is 7.99. The van der Waals surface area contributed by atoms with Crippen LogP contribution in [0.3, 0.4) is 0 Å². The van der Waals surface area contributed by atoms with Gasteiger partial charge in [0.05, 0.1) is 5.75 Å². The third-order valence-electron chi connectivity index (χ3n) is 4.68. The maximum absolute atomic E-state index is 12.7. The molecule has 3 rings (SSSR count). The number of Topliss-reactive ketones (excluding diaryl/α,β-unsaturated/α-hetero) is 1. The molecule has 166 valence electrons. The van der Waals surface area contributed by atoms with Crippen molar-refractivity contribution in [2.75, 3.05) is 5.75 Å². The molecule has 0 fully saturated rings. The number of aryl methyl sites for hydroxylation is 3. The third kappa shape index (κ3) is 5.90. The Kier molecular flexibility index (Phi) is 6.78. The van der Waals surface area contributed by atoms with Crippen molar-refractivity contribution < 1.29 is 27.1 Å². The van der Waals surface area contributed by atoms with E-state index in [1.165, 1.54) is 13.0 Å². The largest absolute Gasteiger partial charge is 0.484 e. The molecule has 0 atom stereocenters. The zero-order valence-corrected chi connectivity index (χ0v) is 18.4. The first-order valence-electron chi connectivity index (χ1n) is 9.45. The van der Waals surface area contributed by atoms with E-state index >= 15 is 0 Å². The summed E-state index contributed by atoms with van der Waals surface area (Å²) in [5.74, 6) is 0.643. The van der Waals surface area contributed by atoms with Crippen LogP contribution in [-0.2, 0) is 13.2 Å². The highest BCUT2D eigenvalue weighted by atomic mass is 32.2. The number of rotatable bonds is 8. The molecule has 0 saturated heterocycles. The van der Waals surface area contributed by atoms with Gasteiger partial charge in [0.1, 0.15) is 12.3 Å². The minimum Gasteiger partial charge on any atom is -0.484 e. The van der Waals surface area contributed by atoms with Crippen LogP contribution in [0.5, 0.6) is 5.75 Å². The van der Waals surface area contributed by atoms with Crippen molar-refractivity contribution in [1.29, 1.82) is 0 Å². The van der Waals surface area contributed by atoms with Gasteiger partial charge in [-0.25, -0.2) is 0 Å². The van der Waals surface area contributed by atoms with Crippen LogP contribution in [-0.4, -0.2) is 32.5 Å². The molecule has 3 aromatic rings. The lowest BCUT2D eigenvalue weighted by molar-refractivity contribution is -0.141. The van der Waals surface area contributed by atoms with Crippen molar-refractivity contribution in [2.45, 2.75) is 52.2 Å².